The van der Waals surface area contributed by atoms with E-state index in [4.69, 9.17) is 16.3 Å². The van der Waals surface area contributed by atoms with Gasteiger partial charge in [-0.1, -0.05) is 29.9 Å². The molecule has 2 rings (SSSR count). The van der Waals surface area contributed by atoms with E-state index in [0.717, 1.165) is 16.6 Å². The summed E-state index contributed by atoms with van der Waals surface area (Å²) in [5.41, 5.74) is 0.811. The van der Waals surface area contributed by atoms with Crippen LogP contribution in [0.1, 0.15) is 26.7 Å². The van der Waals surface area contributed by atoms with Gasteiger partial charge in [0, 0.05) is 11.4 Å². The van der Waals surface area contributed by atoms with E-state index < -0.39 is 0 Å². The highest BCUT2D eigenvalue weighted by molar-refractivity contribution is 7.16. The summed E-state index contributed by atoms with van der Waals surface area (Å²) < 4.78 is 7.56. The van der Waals surface area contributed by atoms with E-state index in [1.807, 2.05) is 13.0 Å². The molecule has 0 aliphatic carbocycles. The summed E-state index contributed by atoms with van der Waals surface area (Å²) >= 11 is 7.33. The van der Waals surface area contributed by atoms with Gasteiger partial charge in [0.25, 0.3) is 0 Å². The fraction of sp³-hybridized carbons (Fsp3) is 0.400. The topological polar surface area (TPSA) is 60.7 Å². The molecule has 1 amide bonds. The molecule has 0 N–H and O–H groups in total. The van der Waals surface area contributed by atoms with E-state index in [9.17, 15) is 9.59 Å². The molecule has 1 aromatic carbocycles. The lowest BCUT2D eigenvalue weighted by molar-refractivity contribution is -0.143. The highest BCUT2D eigenvalue weighted by atomic mass is 35.5. The van der Waals surface area contributed by atoms with Crippen LogP contribution in [-0.4, -0.2) is 23.1 Å². The zero-order valence-electron chi connectivity index (χ0n) is 12.5. The van der Waals surface area contributed by atoms with Gasteiger partial charge in [-0.25, -0.2) is 0 Å². The average Bonchev–Trinajstić information content (AvgIpc) is 2.76. The third-order valence-corrected chi connectivity index (χ3v) is 4.20. The lowest BCUT2D eigenvalue weighted by atomic mass is 10.3. The van der Waals surface area contributed by atoms with Crippen molar-refractivity contribution in [2.75, 3.05) is 6.61 Å². The first-order valence-corrected chi connectivity index (χ1v) is 8.26. The van der Waals surface area contributed by atoms with Gasteiger partial charge in [0.05, 0.1) is 16.8 Å². The highest BCUT2D eigenvalue weighted by Crippen LogP contribution is 2.22. The van der Waals surface area contributed by atoms with Crippen molar-refractivity contribution in [3.63, 3.8) is 0 Å². The molecule has 0 bridgehead atoms. The molecule has 5 nitrogen and oxygen atoms in total. The first-order valence-electron chi connectivity index (χ1n) is 7.07. The number of hydrogen-bond acceptors (Lipinski definition) is 4. The number of halogens is 1. The minimum Gasteiger partial charge on any atom is -0.465 e. The molecule has 118 valence electrons. The molecular formula is C15H17ClN2O3S. The average molecular weight is 341 g/mol. The van der Waals surface area contributed by atoms with Crippen molar-refractivity contribution in [3.05, 3.63) is 28.0 Å². The minimum atomic E-state index is -0.360. The van der Waals surface area contributed by atoms with Crippen LogP contribution >= 0.6 is 22.9 Å². The van der Waals surface area contributed by atoms with Crippen LogP contribution in [-0.2, 0) is 20.9 Å². The van der Waals surface area contributed by atoms with Crippen LogP contribution in [0.2, 0.25) is 5.02 Å². The molecule has 0 saturated carbocycles. The molecule has 7 heteroatoms. The van der Waals surface area contributed by atoms with Crippen LogP contribution in [0.4, 0.5) is 0 Å². The van der Waals surface area contributed by atoms with Gasteiger partial charge in [-0.2, -0.15) is 4.99 Å². The molecule has 0 aliphatic heterocycles. The van der Waals surface area contributed by atoms with Gasteiger partial charge in [-0.05, 0) is 31.5 Å². The number of thiazole rings is 1. The number of hydrogen-bond donors (Lipinski definition) is 0. The van der Waals surface area contributed by atoms with Crippen molar-refractivity contribution < 1.29 is 14.3 Å². The summed E-state index contributed by atoms with van der Waals surface area (Å²) in [7, 11) is 0. The number of esters is 1. The Hall–Kier alpha value is -1.66. The predicted octanol–water partition coefficient (Wildman–Crippen LogP) is 3.15. The van der Waals surface area contributed by atoms with Gasteiger partial charge in [-0.3, -0.25) is 9.59 Å². The van der Waals surface area contributed by atoms with Crippen LogP contribution in [0.5, 0.6) is 0 Å². The second kappa shape index (κ2) is 7.56. The summed E-state index contributed by atoms with van der Waals surface area (Å²) in [6.07, 6.45) is 1.12. The normalized spacial score (nSPS) is 11.9. The maximum absolute atomic E-state index is 11.8. The maximum Gasteiger partial charge on any atom is 0.326 e. The maximum atomic E-state index is 11.8. The number of aromatic nitrogens is 1. The van der Waals surface area contributed by atoms with Gasteiger partial charge >= 0.3 is 5.97 Å². The van der Waals surface area contributed by atoms with Crippen LogP contribution in [0.15, 0.2) is 23.2 Å². The van der Waals surface area contributed by atoms with Gasteiger partial charge in [0.2, 0.25) is 5.91 Å². The van der Waals surface area contributed by atoms with Crippen LogP contribution in [0.3, 0.4) is 0 Å². The lowest BCUT2D eigenvalue weighted by Gasteiger charge is -2.05. The zero-order valence-corrected chi connectivity index (χ0v) is 14.0. The molecular weight excluding hydrogens is 324 g/mol. The van der Waals surface area contributed by atoms with Crippen molar-refractivity contribution in [1.29, 1.82) is 0 Å². The predicted molar refractivity (Wildman–Crippen MR) is 86.9 cm³/mol. The van der Waals surface area contributed by atoms with Gasteiger partial charge in [0.1, 0.15) is 6.54 Å². The van der Waals surface area contributed by atoms with E-state index in [1.54, 1.807) is 23.6 Å². The zero-order chi connectivity index (χ0) is 16.1. The smallest absolute Gasteiger partial charge is 0.326 e. The summed E-state index contributed by atoms with van der Waals surface area (Å²) in [4.78, 5) is 28.2. The van der Waals surface area contributed by atoms with Crippen molar-refractivity contribution in [2.24, 2.45) is 4.99 Å². The number of ether oxygens (including phenoxy) is 1. The van der Waals surface area contributed by atoms with Gasteiger partial charge in [0.15, 0.2) is 4.80 Å². The molecule has 2 aromatic rings. The van der Waals surface area contributed by atoms with Gasteiger partial charge < -0.3 is 9.30 Å². The molecule has 1 heterocycles. The largest absolute Gasteiger partial charge is 0.465 e. The Balaban J connectivity index is 2.53. The van der Waals surface area contributed by atoms with Crippen molar-refractivity contribution >= 4 is 45.0 Å². The monoisotopic (exact) mass is 340 g/mol. The Bertz CT molecular complexity index is 764. The third-order valence-electron chi connectivity index (χ3n) is 2.92. The SMILES string of the molecule is CCCC(=O)N=c1sc2cc(Cl)ccc2n1CC(=O)OCC. The number of carbonyl (C=O) groups is 2. The van der Waals surface area contributed by atoms with Crippen LogP contribution < -0.4 is 4.80 Å². The van der Waals surface area contributed by atoms with Crippen molar-refractivity contribution in [2.45, 2.75) is 33.2 Å². The van der Waals surface area contributed by atoms with E-state index in [-0.39, 0.29) is 18.4 Å². The molecule has 0 unspecified atom stereocenters. The van der Waals surface area contributed by atoms with E-state index >= 15 is 0 Å². The number of fused-ring (bicyclic) bond motifs is 1. The minimum absolute atomic E-state index is 0.0215. The van der Waals surface area contributed by atoms with Crippen molar-refractivity contribution in [3.8, 4) is 0 Å². The number of amides is 1. The Morgan fingerprint density at radius 2 is 2.14 bits per heavy atom. The second-order valence-electron chi connectivity index (χ2n) is 4.64. The molecule has 0 radical (unpaired) electrons. The molecule has 0 aliphatic rings. The summed E-state index contributed by atoms with van der Waals surface area (Å²) in [6, 6.07) is 5.36. The van der Waals surface area contributed by atoms with Crippen molar-refractivity contribution in [1.82, 2.24) is 4.57 Å². The fourth-order valence-electron chi connectivity index (χ4n) is 2.00. The molecule has 22 heavy (non-hydrogen) atoms. The first kappa shape index (κ1) is 16.7. The van der Waals surface area contributed by atoms with E-state index in [0.29, 0.717) is 22.9 Å². The molecule has 0 saturated heterocycles. The Kier molecular flexibility index (Phi) is 5.74. The fourth-order valence-corrected chi connectivity index (χ4v) is 3.32. The molecule has 0 atom stereocenters. The number of carbonyl (C=O) groups excluding carboxylic acids is 2. The lowest BCUT2D eigenvalue weighted by Crippen LogP contribution is -2.23. The number of nitrogens with zero attached hydrogens (tertiary/aromatic N) is 2. The number of rotatable bonds is 5. The third kappa shape index (κ3) is 3.96. The quantitative estimate of drug-likeness (QED) is 0.785. The standard InChI is InChI=1S/C15H17ClN2O3S/c1-3-5-13(19)17-15-18(9-14(20)21-4-2)11-7-6-10(16)8-12(11)22-15/h6-8H,3-5,9H2,1-2H3. The molecule has 0 spiro atoms. The Morgan fingerprint density at radius 3 is 2.82 bits per heavy atom. The van der Waals surface area contributed by atoms with E-state index in [1.165, 1.54) is 11.3 Å². The molecule has 0 fully saturated rings. The van der Waals surface area contributed by atoms with Gasteiger partial charge in [-0.15, -0.1) is 0 Å². The van der Waals surface area contributed by atoms with Crippen LogP contribution in [0, 0.1) is 0 Å². The Labute approximate surface area is 137 Å². The first-order chi connectivity index (χ1) is 10.5. The summed E-state index contributed by atoms with van der Waals surface area (Å²) in [5.74, 6) is -0.556. The molecule has 1 aromatic heterocycles. The Morgan fingerprint density at radius 1 is 1.36 bits per heavy atom. The second-order valence-corrected chi connectivity index (χ2v) is 6.09. The summed E-state index contributed by atoms with van der Waals surface area (Å²) in [5, 5.41) is 0.600. The van der Waals surface area contributed by atoms with E-state index in [2.05, 4.69) is 4.99 Å². The highest BCUT2D eigenvalue weighted by Gasteiger charge is 2.12. The van der Waals surface area contributed by atoms with Crippen LogP contribution in [0.25, 0.3) is 10.2 Å². The summed E-state index contributed by atoms with van der Waals surface area (Å²) in [6.45, 7) is 4.01. The number of benzene rings is 1.